The molecule has 2 rings (SSSR count). The number of rotatable bonds is 5. The summed E-state index contributed by atoms with van der Waals surface area (Å²) in [5, 5.41) is 6.27. The molecule has 2 heterocycles. The van der Waals surface area contributed by atoms with Crippen molar-refractivity contribution in [3.8, 4) is 0 Å². The van der Waals surface area contributed by atoms with Crippen LogP contribution in [0.3, 0.4) is 0 Å². The predicted molar refractivity (Wildman–Crippen MR) is 64.1 cm³/mol. The van der Waals surface area contributed by atoms with Gasteiger partial charge in [-0.2, -0.15) is 8.75 Å². The molecule has 7 heteroatoms. The number of nitrogens with zero attached hydrogens (tertiary/aromatic N) is 2. The van der Waals surface area contributed by atoms with Gasteiger partial charge in [-0.25, -0.2) is 0 Å². The number of nitrogens with one attached hydrogen (secondary N) is 2. The molecule has 1 saturated heterocycles. The maximum Gasteiger partial charge on any atom is 0.272 e. The molecule has 1 atom stereocenters. The van der Waals surface area contributed by atoms with Crippen LogP contribution >= 0.6 is 11.7 Å². The molecule has 0 saturated carbocycles. The van der Waals surface area contributed by atoms with Crippen LogP contribution < -0.4 is 10.6 Å². The third kappa shape index (κ3) is 2.99. The summed E-state index contributed by atoms with van der Waals surface area (Å²) in [5.74, 6) is -0.178. The lowest BCUT2D eigenvalue weighted by molar-refractivity contribution is 0.0888. The molecule has 17 heavy (non-hydrogen) atoms. The Morgan fingerprint density at radius 2 is 2.65 bits per heavy atom. The monoisotopic (exact) mass is 256 g/mol. The molecular formula is C10H16N4O2S. The first-order valence-corrected chi connectivity index (χ1v) is 6.28. The fraction of sp³-hybridized carbons (Fsp3) is 0.700. The molecule has 1 aliphatic heterocycles. The van der Waals surface area contributed by atoms with Crippen LogP contribution in [0.15, 0.2) is 6.20 Å². The van der Waals surface area contributed by atoms with Crippen LogP contribution in [0.25, 0.3) is 0 Å². The molecule has 1 unspecified atom stereocenters. The Bertz CT molecular complexity index is 362. The van der Waals surface area contributed by atoms with Gasteiger partial charge < -0.3 is 15.4 Å². The zero-order chi connectivity index (χ0) is 12.1. The lowest BCUT2D eigenvalue weighted by atomic mass is 9.98. The zero-order valence-corrected chi connectivity index (χ0v) is 10.5. The molecule has 0 aromatic carbocycles. The quantitative estimate of drug-likeness (QED) is 0.777. The van der Waals surface area contributed by atoms with Crippen molar-refractivity contribution in [2.45, 2.75) is 18.4 Å². The number of hydrogen-bond acceptors (Lipinski definition) is 6. The largest absolute Gasteiger partial charge is 0.383 e. The van der Waals surface area contributed by atoms with E-state index >= 15 is 0 Å². The highest BCUT2D eigenvalue weighted by Gasteiger charge is 2.33. The van der Waals surface area contributed by atoms with Gasteiger partial charge in [-0.1, -0.05) is 0 Å². The van der Waals surface area contributed by atoms with Gasteiger partial charge >= 0.3 is 0 Å². The fourth-order valence-electron chi connectivity index (χ4n) is 2.07. The summed E-state index contributed by atoms with van der Waals surface area (Å²) in [4.78, 5) is 11.7. The van der Waals surface area contributed by atoms with Gasteiger partial charge in [0.2, 0.25) is 0 Å². The van der Waals surface area contributed by atoms with Gasteiger partial charge in [-0.15, -0.1) is 0 Å². The van der Waals surface area contributed by atoms with E-state index in [4.69, 9.17) is 4.74 Å². The molecule has 1 aromatic rings. The smallest absolute Gasteiger partial charge is 0.272 e. The summed E-state index contributed by atoms with van der Waals surface area (Å²) in [5.41, 5.74) is 0.244. The number of amides is 1. The summed E-state index contributed by atoms with van der Waals surface area (Å²) in [6.07, 6.45) is 3.60. The number of ether oxygens (including phenoxy) is 1. The molecule has 0 spiro atoms. The van der Waals surface area contributed by atoms with Gasteiger partial charge in [0.15, 0.2) is 5.69 Å². The van der Waals surface area contributed by atoms with Crippen LogP contribution in [-0.4, -0.2) is 47.0 Å². The number of methoxy groups -OCH3 is 1. The van der Waals surface area contributed by atoms with E-state index in [2.05, 4.69) is 19.4 Å². The van der Waals surface area contributed by atoms with Crippen LogP contribution in [-0.2, 0) is 4.74 Å². The fourth-order valence-corrected chi connectivity index (χ4v) is 2.49. The summed E-state index contributed by atoms with van der Waals surface area (Å²) in [6, 6.07) is 0. The van der Waals surface area contributed by atoms with Crippen LogP contribution in [0.2, 0.25) is 0 Å². The van der Waals surface area contributed by atoms with Crippen molar-refractivity contribution in [1.82, 2.24) is 19.4 Å². The zero-order valence-electron chi connectivity index (χ0n) is 9.73. The van der Waals surface area contributed by atoms with Gasteiger partial charge in [-0.05, 0) is 19.4 Å². The minimum atomic E-state index is -0.178. The molecule has 0 aliphatic carbocycles. The lowest BCUT2D eigenvalue weighted by Gasteiger charge is -2.28. The van der Waals surface area contributed by atoms with Gasteiger partial charge in [0.25, 0.3) is 5.91 Å². The van der Waals surface area contributed by atoms with Gasteiger partial charge in [0, 0.05) is 13.7 Å². The second-order valence-electron chi connectivity index (χ2n) is 4.22. The Balaban J connectivity index is 1.89. The van der Waals surface area contributed by atoms with E-state index < -0.39 is 0 Å². The normalized spacial score (nSPS) is 23.8. The first-order chi connectivity index (χ1) is 8.26. The third-order valence-electron chi connectivity index (χ3n) is 2.93. The van der Waals surface area contributed by atoms with Gasteiger partial charge in [-0.3, -0.25) is 4.79 Å². The Labute approximate surface area is 104 Å². The van der Waals surface area contributed by atoms with Crippen LogP contribution in [0.4, 0.5) is 0 Å². The highest BCUT2D eigenvalue weighted by atomic mass is 32.1. The first kappa shape index (κ1) is 12.4. The Hall–Kier alpha value is -1.05. The van der Waals surface area contributed by atoms with E-state index in [0.717, 1.165) is 31.1 Å². The first-order valence-electron chi connectivity index (χ1n) is 5.55. The number of aromatic nitrogens is 2. The van der Waals surface area contributed by atoms with E-state index in [1.165, 1.54) is 6.20 Å². The summed E-state index contributed by atoms with van der Waals surface area (Å²) < 4.78 is 12.9. The minimum Gasteiger partial charge on any atom is -0.383 e. The maximum absolute atomic E-state index is 11.7. The van der Waals surface area contributed by atoms with Gasteiger partial charge in [0.05, 0.1) is 30.1 Å². The van der Waals surface area contributed by atoms with E-state index in [1.807, 2.05) is 0 Å². The average Bonchev–Trinajstić information content (AvgIpc) is 2.98. The average molecular weight is 256 g/mol. The Morgan fingerprint density at radius 1 is 1.76 bits per heavy atom. The van der Waals surface area contributed by atoms with Gasteiger partial charge in [0.1, 0.15) is 0 Å². The third-order valence-corrected chi connectivity index (χ3v) is 3.41. The molecule has 2 N–H and O–H groups in total. The molecule has 1 aromatic heterocycles. The number of carbonyl (C=O) groups excluding carboxylic acids is 1. The highest BCUT2D eigenvalue weighted by Crippen LogP contribution is 2.18. The molecule has 1 aliphatic rings. The molecule has 6 nitrogen and oxygen atoms in total. The van der Waals surface area contributed by atoms with Crippen LogP contribution in [0, 0.1) is 0 Å². The van der Waals surface area contributed by atoms with Crippen molar-refractivity contribution in [3.05, 3.63) is 11.9 Å². The molecular weight excluding hydrogens is 240 g/mol. The minimum absolute atomic E-state index is 0.131. The van der Waals surface area contributed by atoms with E-state index in [1.54, 1.807) is 7.11 Å². The summed E-state index contributed by atoms with van der Waals surface area (Å²) >= 11 is 1.03. The Kier molecular flexibility index (Phi) is 4.03. The van der Waals surface area contributed by atoms with E-state index in [0.29, 0.717) is 18.8 Å². The van der Waals surface area contributed by atoms with Crippen LogP contribution in [0.5, 0.6) is 0 Å². The van der Waals surface area contributed by atoms with Crippen molar-refractivity contribution < 1.29 is 9.53 Å². The van der Waals surface area contributed by atoms with Crippen molar-refractivity contribution >= 4 is 17.6 Å². The second kappa shape index (κ2) is 5.52. The lowest BCUT2D eigenvalue weighted by Crippen LogP contribution is -2.53. The molecule has 94 valence electrons. The van der Waals surface area contributed by atoms with Crippen molar-refractivity contribution in [1.29, 1.82) is 0 Å². The van der Waals surface area contributed by atoms with E-state index in [9.17, 15) is 4.79 Å². The Morgan fingerprint density at radius 3 is 3.24 bits per heavy atom. The van der Waals surface area contributed by atoms with E-state index in [-0.39, 0.29) is 11.4 Å². The molecule has 0 bridgehead atoms. The number of hydrogen-bond donors (Lipinski definition) is 2. The topological polar surface area (TPSA) is 76.1 Å². The molecule has 1 amide bonds. The predicted octanol–water partition coefficient (Wildman–Crippen LogP) is 0.0365. The summed E-state index contributed by atoms with van der Waals surface area (Å²) in [7, 11) is 1.67. The van der Waals surface area contributed by atoms with Crippen molar-refractivity contribution in [3.63, 3.8) is 0 Å². The van der Waals surface area contributed by atoms with Crippen LogP contribution in [0.1, 0.15) is 23.3 Å². The number of carbonyl (C=O) groups is 1. The SMILES string of the molecule is COCC1(CNC(=O)c2cnsn2)CCCN1. The highest BCUT2D eigenvalue weighted by molar-refractivity contribution is 6.99. The molecule has 0 radical (unpaired) electrons. The second-order valence-corrected chi connectivity index (χ2v) is 4.78. The van der Waals surface area contributed by atoms with Crippen molar-refractivity contribution in [2.75, 3.05) is 26.8 Å². The van der Waals surface area contributed by atoms with Crippen molar-refractivity contribution in [2.24, 2.45) is 0 Å². The standard InChI is InChI=1S/C10H16N4O2S/c1-16-7-10(3-2-4-12-10)6-11-9(15)8-5-13-17-14-8/h5,12H,2-4,6-7H2,1H3,(H,11,15). The maximum atomic E-state index is 11.7. The summed E-state index contributed by atoms with van der Waals surface area (Å²) in [6.45, 7) is 2.12. The molecule has 1 fully saturated rings.